The van der Waals surface area contributed by atoms with Gasteiger partial charge in [-0.15, -0.1) is 0 Å². The van der Waals surface area contributed by atoms with Gasteiger partial charge in [0.15, 0.2) is 0 Å². The molecule has 0 unspecified atom stereocenters. The monoisotopic (exact) mass is 393 g/mol. The molecular formula is C19H12ClN5O3. The highest BCUT2D eigenvalue weighted by molar-refractivity contribution is 6.33. The first-order valence-corrected chi connectivity index (χ1v) is 8.72. The van der Waals surface area contributed by atoms with E-state index in [4.69, 9.17) is 16.0 Å². The molecule has 0 saturated carbocycles. The first-order chi connectivity index (χ1) is 13.5. The van der Waals surface area contributed by atoms with Gasteiger partial charge in [0.1, 0.15) is 5.76 Å². The smallest absolute Gasteiger partial charge is 0.333 e. The minimum Gasteiger partial charge on any atom is -0.449 e. The summed E-state index contributed by atoms with van der Waals surface area (Å²) in [5.41, 5.74) is 0.691. The average molecular weight is 394 g/mol. The van der Waals surface area contributed by atoms with Gasteiger partial charge in [0, 0.05) is 30.3 Å². The van der Waals surface area contributed by atoms with Crippen molar-refractivity contribution < 1.29 is 4.42 Å². The molecule has 4 heterocycles. The molecule has 0 bridgehead atoms. The number of hydrogen-bond acceptors (Lipinski definition) is 5. The van der Waals surface area contributed by atoms with Gasteiger partial charge < -0.3 is 9.40 Å². The van der Waals surface area contributed by atoms with Gasteiger partial charge in [0.05, 0.1) is 34.1 Å². The lowest BCUT2D eigenvalue weighted by atomic mass is 10.2. The molecule has 138 valence electrons. The van der Waals surface area contributed by atoms with Crippen LogP contribution >= 0.6 is 11.6 Å². The maximum Gasteiger partial charge on any atom is 0.333 e. The number of aryl methyl sites for hydroxylation is 1. The summed E-state index contributed by atoms with van der Waals surface area (Å²) in [5, 5.41) is 5.36. The molecule has 4 aromatic heterocycles. The number of fused-ring (bicyclic) bond motifs is 2. The molecule has 0 amide bonds. The zero-order valence-corrected chi connectivity index (χ0v) is 15.3. The second kappa shape index (κ2) is 5.93. The number of nitrogens with one attached hydrogen (secondary N) is 1. The maximum atomic E-state index is 13.1. The predicted molar refractivity (Wildman–Crippen MR) is 105 cm³/mol. The molecule has 1 aromatic carbocycles. The van der Waals surface area contributed by atoms with E-state index in [9.17, 15) is 9.59 Å². The van der Waals surface area contributed by atoms with E-state index in [1.165, 1.54) is 6.20 Å². The van der Waals surface area contributed by atoms with E-state index in [0.717, 1.165) is 4.57 Å². The Labute approximate surface area is 161 Å². The van der Waals surface area contributed by atoms with Gasteiger partial charge in [0.25, 0.3) is 0 Å². The molecule has 5 rings (SSSR count). The van der Waals surface area contributed by atoms with Gasteiger partial charge >= 0.3 is 11.2 Å². The Morgan fingerprint density at radius 3 is 2.79 bits per heavy atom. The molecule has 9 heteroatoms. The van der Waals surface area contributed by atoms with Gasteiger partial charge in [-0.25, -0.2) is 9.36 Å². The van der Waals surface area contributed by atoms with Crippen LogP contribution in [-0.2, 0) is 7.05 Å². The van der Waals surface area contributed by atoms with E-state index in [1.54, 1.807) is 48.4 Å². The first kappa shape index (κ1) is 16.5. The Hall–Kier alpha value is -3.65. The van der Waals surface area contributed by atoms with E-state index in [2.05, 4.69) is 15.1 Å². The Morgan fingerprint density at radius 1 is 1.14 bits per heavy atom. The van der Waals surface area contributed by atoms with Crippen LogP contribution in [0, 0.1) is 0 Å². The van der Waals surface area contributed by atoms with Crippen LogP contribution < -0.4 is 11.2 Å². The van der Waals surface area contributed by atoms with Crippen molar-refractivity contribution in [2.75, 3.05) is 0 Å². The SMILES string of the molecule is Cn1ncc2cncc(-n3c(=O)[nH]c4cc(-c5ccccc5Cl)oc4c3=O)c21. The number of hydrogen-bond donors (Lipinski definition) is 1. The molecule has 0 aliphatic carbocycles. The van der Waals surface area contributed by atoms with Gasteiger partial charge in [0.2, 0.25) is 5.58 Å². The highest BCUT2D eigenvalue weighted by atomic mass is 35.5. The fourth-order valence-corrected chi connectivity index (χ4v) is 3.52. The summed E-state index contributed by atoms with van der Waals surface area (Å²) in [7, 11) is 1.73. The molecule has 0 radical (unpaired) electrons. The molecule has 0 fully saturated rings. The van der Waals surface area contributed by atoms with Crippen LogP contribution in [0.2, 0.25) is 5.02 Å². The lowest BCUT2D eigenvalue weighted by molar-refractivity contribution is 0.620. The predicted octanol–water partition coefficient (Wildman–Crippen LogP) is 2.87. The number of aromatic nitrogens is 5. The van der Waals surface area contributed by atoms with Crippen LogP contribution in [0.1, 0.15) is 0 Å². The molecule has 0 aliphatic rings. The average Bonchev–Trinajstić information content (AvgIpc) is 3.27. The Bertz CT molecular complexity index is 1490. The summed E-state index contributed by atoms with van der Waals surface area (Å²) in [6.45, 7) is 0. The minimum absolute atomic E-state index is 0.0219. The summed E-state index contributed by atoms with van der Waals surface area (Å²) in [6, 6.07) is 8.69. The van der Waals surface area contributed by atoms with Crippen LogP contribution in [-0.4, -0.2) is 24.3 Å². The lowest BCUT2D eigenvalue weighted by Crippen LogP contribution is -2.33. The van der Waals surface area contributed by atoms with E-state index in [1.807, 2.05) is 6.07 Å². The second-order valence-corrected chi connectivity index (χ2v) is 6.68. The third-order valence-corrected chi connectivity index (χ3v) is 4.90. The second-order valence-electron chi connectivity index (χ2n) is 6.27. The summed E-state index contributed by atoms with van der Waals surface area (Å²) in [6.07, 6.45) is 4.68. The first-order valence-electron chi connectivity index (χ1n) is 8.34. The lowest BCUT2D eigenvalue weighted by Gasteiger charge is -2.06. The van der Waals surface area contributed by atoms with Crippen molar-refractivity contribution in [1.82, 2.24) is 24.3 Å². The van der Waals surface area contributed by atoms with Crippen molar-refractivity contribution in [3.05, 3.63) is 74.8 Å². The summed E-state index contributed by atoms with van der Waals surface area (Å²) in [4.78, 5) is 32.7. The number of benzene rings is 1. The van der Waals surface area contributed by atoms with Gasteiger partial charge in [-0.05, 0) is 12.1 Å². The largest absolute Gasteiger partial charge is 0.449 e. The highest BCUT2D eigenvalue weighted by Crippen LogP contribution is 2.30. The molecule has 0 aliphatic heterocycles. The number of H-pyrrole nitrogens is 1. The quantitative estimate of drug-likeness (QED) is 0.497. The summed E-state index contributed by atoms with van der Waals surface area (Å²) < 4.78 is 8.36. The number of rotatable bonds is 2. The van der Waals surface area contributed by atoms with Gasteiger partial charge in [-0.2, -0.15) is 5.10 Å². The van der Waals surface area contributed by atoms with E-state index in [0.29, 0.717) is 38.5 Å². The van der Waals surface area contributed by atoms with Crippen molar-refractivity contribution in [2.45, 2.75) is 0 Å². The number of halogens is 1. The van der Waals surface area contributed by atoms with Crippen LogP contribution in [0.15, 0.2) is 62.9 Å². The Balaban J connectivity index is 1.82. The van der Waals surface area contributed by atoms with E-state index < -0.39 is 11.2 Å². The van der Waals surface area contributed by atoms with Crippen molar-refractivity contribution >= 4 is 33.6 Å². The third-order valence-electron chi connectivity index (χ3n) is 4.57. The molecule has 0 atom stereocenters. The molecule has 0 saturated heterocycles. The Kier molecular flexibility index (Phi) is 3.50. The topological polar surface area (TPSA) is 98.7 Å². The summed E-state index contributed by atoms with van der Waals surface area (Å²) in [5.74, 6) is 0.392. The Morgan fingerprint density at radius 2 is 1.96 bits per heavy atom. The summed E-state index contributed by atoms with van der Waals surface area (Å²) >= 11 is 6.22. The maximum absolute atomic E-state index is 13.1. The fraction of sp³-hybridized carbons (Fsp3) is 0.0526. The van der Waals surface area contributed by atoms with Crippen LogP contribution in [0.25, 0.3) is 39.0 Å². The molecule has 5 aromatic rings. The molecule has 8 nitrogen and oxygen atoms in total. The van der Waals surface area contributed by atoms with Crippen LogP contribution in [0.3, 0.4) is 0 Å². The number of pyridine rings is 1. The van der Waals surface area contributed by atoms with Crippen molar-refractivity contribution in [1.29, 1.82) is 0 Å². The van der Waals surface area contributed by atoms with E-state index in [-0.39, 0.29) is 5.58 Å². The number of nitrogens with zero attached hydrogens (tertiary/aromatic N) is 4. The minimum atomic E-state index is -0.598. The van der Waals surface area contributed by atoms with Crippen molar-refractivity contribution in [2.24, 2.45) is 7.05 Å². The normalized spacial score (nSPS) is 11.5. The molecule has 0 spiro atoms. The van der Waals surface area contributed by atoms with Crippen molar-refractivity contribution in [3.8, 4) is 17.0 Å². The standard InChI is InChI=1S/C19H12ClN5O3/c1-24-16-10(8-22-24)7-21-9-14(16)25-18(26)17-13(23-19(25)27)6-15(28-17)11-4-2-3-5-12(11)20/h2-9H,1H3,(H,23,27). The van der Waals surface area contributed by atoms with E-state index >= 15 is 0 Å². The molecule has 1 N–H and O–H groups in total. The van der Waals surface area contributed by atoms with Gasteiger partial charge in [-0.3, -0.25) is 14.5 Å². The van der Waals surface area contributed by atoms with Crippen LogP contribution in [0.5, 0.6) is 0 Å². The highest BCUT2D eigenvalue weighted by Gasteiger charge is 2.19. The number of aromatic amines is 1. The third kappa shape index (κ3) is 2.31. The van der Waals surface area contributed by atoms with Crippen molar-refractivity contribution in [3.63, 3.8) is 0 Å². The fourth-order valence-electron chi connectivity index (χ4n) is 3.30. The zero-order valence-electron chi connectivity index (χ0n) is 14.5. The zero-order chi connectivity index (χ0) is 19.4. The van der Waals surface area contributed by atoms with Crippen LogP contribution in [0.4, 0.5) is 0 Å². The van der Waals surface area contributed by atoms with Gasteiger partial charge in [-0.1, -0.05) is 23.7 Å². The number of furan rings is 1. The molecular weight excluding hydrogens is 382 g/mol. The molecule has 28 heavy (non-hydrogen) atoms.